The number of carbonyl (C=O) groups is 1. The second kappa shape index (κ2) is 4.23. The Balaban J connectivity index is 3.38. The smallest absolute Gasteiger partial charge is 0.501 e. The maximum Gasteiger partial charge on any atom is 0.574 e. The molecule has 0 saturated heterocycles. The van der Waals surface area contributed by atoms with Crippen LogP contribution in [0.5, 0.6) is 11.6 Å². The number of hydrogen-bond acceptors (Lipinski definition) is 6. The molecule has 0 saturated carbocycles. The number of nitrogens with zero attached hydrogens (tertiary/aromatic N) is 2. The standard InChI is InChI=1S/C7H3F3N2O5/c8-7(9,10)17-6-3(2-13)5(12(15)16)4(14)1-11-6/h1-2,14H. The molecule has 0 fully saturated rings. The lowest BCUT2D eigenvalue weighted by molar-refractivity contribution is -0.386. The predicted octanol–water partition coefficient (Wildman–Crippen LogP) is 1.41. The molecule has 0 radical (unpaired) electrons. The van der Waals surface area contributed by atoms with Crippen molar-refractivity contribution in [3.63, 3.8) is 0 Å². The third-order valence-electron chi connectivity index (χ3n) is 1.55. The maximum atomic E-state index is 11.9. The summed E-state index contributed by atoms with van der Waals surface area (Å²) in [4.78, 5) is 22.7. The lowest BCUT2D eigenvalue weighted by atomic mass is 10.2. The van der Waals surface area contributed by atoms with E-state index in [0.717, 1.165) is 0 Å². The molecule has 0 aliphatic rings. The van der Waals surface area contributed by atoms with Gasteiger partial charge in [-0.2, -0.15) is 0 Å². The Morgan fingerprint density at radius 3 is 2.53 bits per heavy atom. The molecule has 1 aromatic rings. The molecule has 10 heteroatoms. The van der Waals surface area contributed by atoms with Gasteiger partial charge in [-0.15, -0.1) is 13.2 Å². The van der Waals surface area contributed by atoms with E-state index in [9.17, 15) is 28.1 Å². The quantitative estimate of drug-likeness (QED) is 0.495. The van der Waals surface area contributed by atoms with Crippen LogP contribution in [0.4, 0.5) is 18.9 Å². The number of pyridine rings is 1. The Morgan fingerprint density at radius 2 is 2.12 bits per heavy atom. The molecule has 0 aromatic carbocycles. The van der Waals surface area contributed by atoms with Crippen LogP contribution in [0.15, 0.2) is 6.20 Å². The maximum absolute atomic E-state index is 11.9. The summed E-state index contributed by atoms with van der Waals surface area (Å²) in [5.74, 6) is -2.33. The number of hydrogen-bond donors (Lipinski definition) is 1. The Hall–Kier alpha value is -2.39. The van der Waals surface area contributed by atoms with Crippen LogP contribution in [0.3, 0.4) is 0 Å². The van der Waals surface area contributed by atoms with E-state index >= 15 is 0 Å². The van der Waals surface area contributed by atoms with Crippen molar-refractivity contribution in [2.24, 2.45) is 0 Å². The number of nitro groups is 1. The van der Waals surface area contributed by atoms with Crippen LogP contribution in [-0.2, 0) is 0 Å². The van der Waals surface area contributed by atoms with Crippen LogP contribution in [0, 0.1) is 10.1 Å². The third kappa shape index (κ3) is 2.80. The lowest BCUT2D eigenvalue weighted by Gasteiger charge is -2.09. The predicted molar refractivity (Wildman–Crippen MR) is 44.6 cm³/mol. The van der Waals surface area contributed by atoms with Crippen LogP contribution < -0.4 is 4.74 Å². The van der Waals surface area contributed by atoms with Gasteiger partial charge in [0.2, 0.25) is 11.6 Å². The van der Waals surface area contributed by atoms with E-state index in [1.165, 1.54) is 0 Å². The van der Waals surface area contributed by atoms with Gasteiger partial charge in [0.1, 0.15) is 0 Å². The average Bonchev–Trinajstić information content (AvgIpc) is 2.17. The van der Waals surface area contributed by atoms with Crippen molar-refractivity contribution >= 4 is 12.0 Å². The number of alkyl halides is 3. The molecule has 17 heavy (non-hydrogen) atoms. The normalized spacial score (nSPS) is 11.0. The Labute approximate surface area is 90.6 Å². The first-order chi connectivity index (χ1) is 7.76. The monoisotopic (exact) mass is 252 g/mol. The summed E-state index contributed by atoms with van der Waals surface area (Å²) in [5, 5.41) is 19.5. The van der Waals surface area contributed by atoms with Gasteiger partial charge in [0, 0.05) is 0 Å². The number of halogens is 3. The molecule has 0 bridgehead atoms. The highest BCUT2D eigenvalue weighted by molar-refractivity contribution is 5.86. The third-order valence-corrected chi connectivity index (χ3v) is 1.55. The molecule has 1 N–H and O–H groups in total. The molecule has 0 spiro atoms. The van der Waals surface area contributed by atoms with Crippen molar-refractivity contribution < 1.29 is 32.7 Å². The highest BCUT2D eigenvalue weighted by Crippen LogP contribution is 2.35. The molecule has 1 heterocycles. The first-order valence-electron chi connectivity index (χ1n) is 3.83. The second-order valence-electron chi connectivity index (χ2n) is 2.63. The first kappa shape index (κ1) is 12.7. The van der Waals surface area contributed by atoms with E-state index in [1.807, 2.05) is 0 Å². The van der Waals surface area contributed by atoms with Gasteiger partial charge < -0.3 is 9.84 Å². The number of aromatic hydroxyl groups is 1. The Kier molecular flexibility index (Phi) is 3.16. The Morgan fingerprint density at radius 1 is 1.53 bits per heavy atom. The minimum absolute atomic E-state index is 0.258. The number of carbonyl (C=O) groups excluding carboxylic acids is 1. The molecule has 0 unspecified atom stereocenters. The minimum atomic E-state index is -5.16. The van der Waals surface area contributed by atoms with Crippen molar-refractivity contribution in [1.82, 2.24) is 4.98 Å². The van der Waals surface area contributed by atoms with E-state index in [2.05, 4.69) is 9.72 Å². The van der Waals surface area contributed by atoms with E-state index in [-0.39, 0.29) is 6.29 Å². The topological polar surface area (TPSA) is 103 Å². The molecule has 0 aliphatic carbocycles. The highest BCUT2D eigenvalue weighted by Gasteiger charge is 2.35. The van der Waals surface area contributed by atoms with Gasteiger partial charge >= 0.3 is 12.0 Å². The summed E-state index contributed by atoms with van der Waals surface area (Å²) in [6.45, 7) is 0. The summed E-state index contributed by atoms with van der Waals surface area (Å²) in [7, 11) is 0. The highest BCUT2D eigenvalue weighted by atomic mass is 19.4. The summed E-state index contributed by atoms with van der Waals surface area (Å²) in [5.41, 5.74) is -2.29. The summed E-state index contributed by atoms with van der Waals surface area (Å²) < 4.78 is 39.0. The first-order valence-corrected chi connectivity index (χ1v) is 3.83. The number of aldehydes is 1. The number of ether oxygens (including phenoxy) is 1. The molecule has 1 aromatic heterocycles. The fourth-order valence-electron chi connectivity index (χ4n) is 0.979. The molecule has 1 rings (SSSR count). The number of rotatable bonds is 3. The van der Waals surface area contributed by atoms with Crippen LogP contribution in [0.1, 0.15) is 10.4 Å². The van der Waals surface area contributed by atoms with E-state index < -0.39 is 34.2 Å². The summed E-state index contributed by atoms with van der Waals surface area (Å²) >= 11 is 0. The van der Waals surface area contributed by atoms with Gasteiger partial charge in [-0.1, -0.05) is 0 Å². The van der Waals surface area contributed by atoms with Gasteiger partial charge in [0.25, 0.3) is 0 Å². The van der Waals surface area contributed by atoms with Crippen molar-refractivity contribution in [2.75, 3.05) is 0 Å². The van der Waals surface area contributed by atoms with E-state index in [0.29, 0.717) is 6.20 Å². The van der Waals surface area contributed by atoms with Gasteiger partial charge in [0.15, 0.2) is 11.8 Å². The van der Waals surface area contributed by atoms with E-state index in [4.69, 9.17) is 5.11 Å². The number of aromatic nitrogens is 1. The van der Waals surface area contributed by atoms with Crippen molar-refractivity contribution in [3.05, 3.63) is 21.9 Å². The molecule has 92 valence electrons. The molecule has 0 aliphatic heterocycles. The second-order valence-corrected chi connectivity index (χ2v) is 2.63. The van der Waals surface area contributed by atoms with E-state index in [1.54, 1.807) is 0 Å². The molecule has 0 atom stereocenters. The lowest BCUT2D eigenvalue weighted by Crippen LogP contribution is -2.19. The average molecular weight is 252 g/mol. The van der Waals surface area contributed by atoms with Gasteiger partial charge in [-0.05, 0) is 0 Å². The molecular formula is C7H3F3N2O5. The van der Waals surface area contributed by atoms with Crippen LogP contribution in [-0.4, -0.2) is 27.7 Å². The fourth-order valence-corrected chi connectivity index (χ4v) is 0.979. The Bertz CT molecular complexity index is 473. The SMILES string of the molecule is O=Cc1c(OC(F)(F)F)ncc(O)c1[N+](=O)[O-]. The van der Waals surface area contributed by atoms with Crippen molar-refractivity contribution in [1.29, 1.82) is 0 Å². The van der Waals surface area contributed by atoms with Gasteiger partial charge in [-0.3, -0.25) is 14.9 Å². The van der Waals surface area contributed by atoms with Crippen molar-refractivity contribution in [2.45, 2.75) is 6.36 Å². The zero-order valence-electron chi connectivity index (χ0n) is 7.76. The molecule has 0 amide bonds. The van der Waals surface area contributed by atoms with Crippen molar-refractivity contribution in [3.8, 4) is 11.6 Å². The van der Waals surface area contributed by atoms with Crippen LogP contribution >= 0.6 is 0 Å². The summed E-state index contributed by atoms with van der Waals surface area (Å²) in [6.07, 6.45) is -5.03. The zero-order valence-corrected chi connectivity index (χ0v) is 7.76. The van der Waals surface area contributed by atoms with Crippen LogP contribution in [0.2, 0.25) is 0 Å². The zero-order chi connectivity index (χ0) is 13.2. The fraction of sp³-hybridized carbons (Fsp3) is 0.143. The molecular weight excluding hydrogens is 249 g/mol. The van der Waals surface area contributed by atoms with Gasteiger partial charge in [0.05, 0.1) is 11.1 Å². The molecule has 7 nitrogen and oxygen atoms in total. The summed E-state index contributed by atoms with van der Waals surface area (Å²) in [6, 6.07) is 0. The largest absolute Gasteiger partial charge is 0.574 e. The van der Waals surface area contributed by atoms with Gasteiger partial charge in [-0.25, -0.2) is 4.98 Å². The minimum Gasteiger partial charge on any atom is -0.501 e. The van der Waals surface area contributed by atoms with Crippen LogP contribution in [0.25, 0.3) is 0 Å².